The van der Waals surface area contributed by atoms with E-state index in [1.54, 1.807) is 12.1 Å². The standard InChI is InChI=1S/C20H22ClN5O2/c1-14(22-20(27)17-7-4-12-28-17)19-24-23-18-8-9-25(10-11-26(18)19)13-15-5-2-3-6-16(15)21/h2-7,12,14H,8-11,13H2,1H3,(H,22,27)/t14-/m1/s1. The molecule has 1 aliphatic rings. The van der Waals surface area contributed by atoms with Crippen molar-refractivity contribution in [3.8, 4) is 0 Å². The number of halogens is 1. The predicted molar refractivity (Wildman–Crippen MR) is 105 cm³/mol. The van der Waals surface area contributed by atoms with Gasteiger partial charge in [-0.3, -0.25) is 9.69 Å². The summed E-state index contributed by atoms with van der Waals surface area (Å²) >= 11 is 6.31. The van der Waals surface area contributed by atoms with Gasteiger partial charge in [-0.05, 0) is 30.7 Å². The molecule has 0 saturated carbocycles. The molecular formula is C20H22ClN5O2. The van der Waals surface area contributed by atoms with Gasteiger partial charge in [0.2, 0.25) is 0 Å². The fourth-order valence-corrected chi connectivity index (χ4v) is 3.67. The van der Waals surface area contributed by atoms with Crippen molar-refractivity contribution in [1.29, 1.82) is 0 Å². The molecule has 3 heterocycles. The number of furan rings is 1. The van der Waals surface area contributed by atoms with E-state index in [0.717, 1.165) is 54.8 Å². The molecule has 1 atom stereocenters. The van der Waals surface area contributed by atoms with E-state index >= 15 is 0 Å². The topological polar surface area (TPSA) is 76.2 Å². The van der Waals surface area contributed by atoms with Crippen molar-refractivity contribution >= 4 is 17.5 Å². The molecule has 0 fully saturated rings. The summed E-state index contributed by atoms with van der Waals surface area (Å²) in [6, 6.07) is 11.0. The number of aromatic nitrogens is 3. The molecule has 0 unspecified atom stereocenters. The van der Waals surface area contributed by atoms with Crippen molar-refractivity contribution in [3.05, 3.63) is 70.7 Å². The Morgan fingerprint density at radius 3 is 2.86 bits per heavy atom. The second-order valence-electron chi connectivity index (χ2n) is 6.92. The van der Waals surface area contributed by atoms with Gasteiger partial charge in [-0.2, -0.15) is 0 Å². The highest BCUT2D eigenvalue weighted by atomic mass is 35.5. The highest BCUT2D eigenvalue weighted by Gasteiger charge is 2.23. The summed E-state index contributed by atoms with van der Waals surface area (Å²) in [7, 11) is 0. The molecule has 4 rings (SSSR count). The van der Waals surface area contributed by atoms with Crippen LogP contribution in [0.4, 0.5) is 0 Å². The van der Waals surface area contributed by atoms with E-state index in [1.165, 1.54) is 6.26 Å². The van der Waals surface area contributed by atoms with E-state index in [-0.39, 0.29) is 17.7 Å². The Labute approximate surface area is 168 Å². The zero-order chi connectivity index (χ0) is 19.5. The van der Waals surface area contributed by atoms with Gasteiger partial charge < -0.3 is 14.3 Å². The fourth-order valence-electron chi connectivity index (χ4n) is 3.48. The van der Waals surface area contributed by atoms with Crippen LogP contribution in [0, 0.1) is 0 Å². The van der Waals surface area contributed by atoms with Gasteiger partial charge in [0.05, 0.1) is 12.3 Å². The number of rotatable bonds is 5. The van der Waals surface area contributed by atoms with Crippen LogP contribution < -0.4 is 5.32 Å². The smallest absolute Gasteiger partial charge is 0.287 e. The lowest BCUT2D eigenvalue weighted by Gasteiger charge is -2.20. The van der Waals surface area contributed by atoms with E-state index in [2.05, 4.69) is 31.0 Å². The van der Waals surface area contributed by atoms with Crippen molar-refractivity contribution in [2.75, 3.05) is 13.1 Å². The van der Waals surface area contributed by atoms with Crippen molar-refractivity contribution in [3.63, 3.8) is 0 Å². The summed E-state index contributed by atoms with van der Waals surface area (Å²) in [5.74, 6) is 1.72. The van der Waals surface area contributed by atoms with Crippen molar-refractivity contribution in [2.24, 2.45) is 0 Å². The van der Waals surface area contributed by atoms with Gasteiger partial charge in [-0.25, -0.2) is 0 Å². The highest BCUT2D eigenvalue weighted by molar-refractivity contribution is 6.31. The fraction of sp³-hybridized carbons (Fsp3) is 0.350. The second-order valence-corrected chi connectivity index (χ2v) is 7.32. The van der Waals surface area contributed by atoms with Gasteiger partial charge in [0.1, 0.15) is 5.82 Å². The minimum absolute atomic E-state index is 0.260. The number of nitrogens with zero attached hydrogens (tertiary/aromatic N) is 4. The second kappa shape index (κ2) is 8.16. The number of nitrogens with one attached hydrogen (secondary N) is 1. The molecule has 3 aromatic rings. The number of fused-ring (bicyclic) bond motifs is 1. The zero-order valence-corrected chi connectivity index (χ0v) is 16.4. The first-order valence-corrected chi connectivity index (χ1v) is 9.71. The number of carbonyl (C=O) groups is 1. The van der Waals surface area contributed by atoms with E-state index in [9.17, 15) is 4.79 Å². The summed E-state index contributed by atoms with van der Waals surface area (Å²) in [4.78, 5) is 14.6. The molecule has 0 radical (unpaired) electrons. The molecule has 1 N–H and O–H groups in total. The number of hydrogen-bond acceptors (Lipinski definition) is 5. The average molecular weight is 400 g/mol. The SMILES string of the molecule is C[C@@H](NC(=O)c1ccco1)c1nnc2n1CCN(Cc1ccccc1Cl)CC2. The van der Waals surface area contributed by atoms with Crippen molar-refractivity contribution in [2.45, 2.75) is 32.5 Å². The molecule has 7 nitrogen and oxygen atoms in total. The van der Waals surface area contributed by atoms with E-state index in [0.29, 0.717) is 0 Å². The van der Waals surface area contributed by atoms with Crippen LogP contribution in [0.5, 0.6) is 0 Å². The Hall–Kier alpha value is -2.64. The maximum Gasteiger partial charge on any atom is 0.287 e. The van der Waals surface area contributed by atoms with Crippen LogP contribution in [0.3, 0.4) is 0 Å². The molecule has 1 aromatic carbocycles. The Bertz CT molecular complexity index is 953. The molecule has 1 amide bonds. The van der Waals surface area contributed by atoms with Crippen LogP contribution >= 0.6 is 11.6 Å². The van der Waals surface area contributed by atoms with Crippen LogP contribution in [-0.4, -0.2) is 38.7 Å². The van der Waals surface area contributed by atoms with E-state index in [4.69, 9.17) is 16.0 Å². The molecule has 146 valence electrons. The van der Waals surface area contributed by atoms with Crippen LogP contribution in [0.25, 0.3) is 0 Å². The third kappa shape index (κ3) is 3.95. The highest BCUT2D eigenvalue weighted by Crippen LogP contribution is 2.20. The first-order chi connectivity index (χ1) is 13.6. The summed E-state index contributed by atoms with van der Waals surface area (Å²) < 4.78 is 7.26. The van der Waals surface area contributed by atoms with Gasteiger partial charge in [0, 0.05) is 37.6 Å². The lowest BCUT2D eigenvalue weighted by molar-refractivity contribution is 0.0909. The third-order valence-electron chi connectivity index (χ3n) is 4.98. The molecule has 0 bridgehead atoms. The Kier molecular flexibility index (Phi) is 5.45. The summed E-state index contributed by atoms with van der Waals surface area (Å²) in [5.41, 5.74) is 1.13. The molecule has 0 aliphatic carbocycles. The minimum Gasteiger partial charge on any atom is -0.459 e. The molecule has 1 aliphatic heterocycles. The van der Waals surface area contributed by atoms with Crippen LogP contribution in [0.15, 0.2) is 47.1 Å². The lowest BCUT2D eigenvalue weighted by atomic mass is 10.2. The van der Waals surface area contributed by atoms with E-state index in [1.807, 2.05) is 25.1 Å². The van der Waals surface area contributed by atoms with Gasteiger partial charge in [0.15, 0.2) is 11.6 Å². The van der Waals surface area contributed by atoms with Gasteiger partial charge in [0.25, 0.3) is 5.91 Å². The van der Waals surface area contributed by atoms with E-state index < -0.39 is 0 Å². The summed E-state index contributed by atoms with van der Waals surface area (Å²) in [5, 5.41) is 12.4. The Morgan fingerprint density at radius 1 is 1.21 bits per heavy atom. The summed E-state index contributed by atoms with van der Waals surface area (Å²) in [6.45, 7) is 5.23. The lowest BCUT2D eigenvalue weighted by Crippen LogP contribution is -2.30. The third-order valence-corrected chi connectivity index (χ3v) is 5.35. The monoisotopic (exact) mass is 399 g/mol. The minimum atomic E-state index is -0.269. The van der Waals surface area contributed by atoms with Crippen LogP contribution in [0.1, 0.15) is 40.7 Å². The number of benzene rings is 1. The molecule has 28 heavy (non-hydrogen) atoms. The quantitative estimate of drug-likeness (QED) is 0.713. The molecule has 2 aromatic heterocycles. The van der Waals surface area contributed by atoms with Gasteiger partial charge in [-0.1, -0.05) is 29.8 Å². The maximum absolute atomic E-state index is 12.3. The molecule has 0 saturated heterocycles. The van der Waals surface area contributed by atoms with Crippen molar-refractivity contribution < 1.29 is 9.21 Å². The molecule has 0 spiro atoms. The maximum atomic E-state index is 12.3. The summed E-state index contributed by atoms with van der Waals surface area (Å²) in [6.07, 6.45) is 2.28. The first-order valence-electron chi connectivity index (χ1n) is 9.34. The number of amides is 1. The normalized spacial score (nSPS) is 15.6. The average Bonchev–Trinajstić information content (AvgIpc) is 3.32. The molecular weight excluding hydrogens is 378 g/mol. The Balaban J connectivity index is 1.43. The van der Waals surface area contributed by atoms with Gasteiger partial charge in [-0.15, -0.1) is 10.2 Å². The predicted octanol–water partition coefficient (Wildman–Crippen LogP) is 3.07. The van der Waals surface area contributed by atoms with Crippen LogP contribution in [-0.2, 0) is 19.5 Å². The molecule has 8 heteroatoms. The van der Waals surface area contributed by atoms with Crippen molar-refractivity contribution in [1.82, 2.24) is 25.0 Å². The largest absolute Gasteiger partial charge is 0.459 e. The first kappa shape index (κ1) is 18.7. The number of carbonyl (C=O) groups excluding carboxylic acids is 1. The Morgan fingerprint density at radius 2 is 2.07 bits per heavy atom. The van der Waals surface area contributed by atoms with Crippen LogP contribution in [0.2, 0.25) is 5.02 Å². The zero-order valence-electron chi connectivity index (χ0n) is 15.6. The number of hydrogen-bond donors (Lipinski definition) is 1. The van der Waals surface area contributed by atoms with Gasteiger partial charge >= 0.3 is 0 Å².